The highest BCUT2D eigenvalue weighted by Crippen LogP contribution is 2.32. The molecular formula is C32H29F3N6O3. The molecule has 1 saturated heterocycles. The van der Waals surface area contributed by atoms with Crippen molar-refractivity contribution in [3.63, 3.8) is 0 Å². The predicted octanol–water partition coefficient (Wildman–Crippen LogP) is 5.84. The fourth-order valence-corrected chi connectivity index (χ4v) is 5.27. The van der Waals surface area contributed by atoms with E-state index in [0.717, 1.165) is 42.2 Å². The average molecular weight is 603 g/mol. The molecule has 6 rings (SSSR count). The number of morpholine rings is 1. The van der Waals surface area contributed by atoms with E-state index in [0.29, 0.717) is 54.8 Å². The average Bonchev–Trinajstić information content (AvgIpc) is 3.03. The number of hydrogen-bond donors (Lipinski definition) is 2. The van der Waals surface area contributed by atoms with Gasteiger partial charge in [0.1, 0.15) is 0 Å². The third-order valence-corrected chi connectivity index (χ3v) is 7.63. The van der Waals surface area contributed by atoms with Crippen LogP contribution in [-0.4, -0.2) is 54.6 Å². The molecule has 4 aromatic rings. The maximum Gasteiger partial charge on any atom is 0.416 e. The Labute approximate surface area is 251 Å². The number of aromatic nitrogens is 2. The first kappa shape index (κ1) is 29.1. The van der Waals surface area contributed by atoms with Crippen molar-refractivity contribution in [3.8, 4) is 0 Å². The minimum absolute atomic E-state index is 0.125. The normalized spacial score (nSPS) is 15.1. The molecule has 0 bridgehead atoms. The monoisotopic (exact) mass is 602 g/mol. The molecule has 2 aliphatic heterocycles. The SMILES string of the molecule is Cc1ccc(NC(=O)c2cccc(C(F)(F)F)c2)cc1N1CCc2nc(Nc3ccc(N4CCOCC4)cc3)ncc2C1=O. The Morgan fingerprint density at radius 1 is 0.955 bits per heavy atom. The number of alkyl halides is 3. The van der Waals surface area contributed by atoms with Crippen LogP contribution in [0.4, 0.5) is 41.9 Å². The molecule has 0 saturated carbocycles. The first-order chi connectivity index (χ1) is 21.2. The summed E-state index contributed by atoms with van der Waals surface area (Å²) in [6.45, 7) is 5.31. The number of hydrogen-bond acceptors (Lipinski definition) is 7. The molecule has 2 amide bonds. The van der Waals surface area contributed by atoms with Gasteiger partial charge >= 0.3 is 6.18 Å². The van der Waals surface area contributed by atoms with Gasteiger partial charge in [0.2, 0.25) is 5.95 Å². The molecule has 0 atom stereocenters. The second-order valence-corrected chi connectivity index (χ2v) is 10.6. The second-order valence-electron chi connectivity index (χ2n) is 10.6. The van der Waals surface area contributed by atoms with Crippen molar-refractivity contribution in [1.29, 1.82) is 0 Å². The predicted molar refractivity (Wildman–Crippen MR) is 161 cm³/mol. The van der Waals surface area contributed by atoms with Gasteiger partial charge in [-0.3, -0.25) is 9.59 Å². The summed E-state index contributed by atoms with van der Waals surface area (Å²) in [5.74, 6) is -0.581. The number of nitrogens with one attached hydrogen (secondary N) is 2. The van der Waals surface area contributed by atoms with Gasteiger partial charge in [-0.2, -0.15) is 13.2 Å². The molecule has 44 heavy (non-hydrogen) atoms. The van der Waals surface area contributed by atoms with Crippen LogP contribution < -0.4 is 20.4 Å². The number of fused-ring (bicyclic) bond motifs is 1. The standard InChI is InChI=1S/C32H29F3N6O3/c1-20-5-6-24(37-29(42)21-3-2-4-22(17-21)32(33,34)35)18-28(20)41-12-11-27-26(30(41)43)19-36-31(39-27)38-23-7-9-25(10-8-23)40-13-15-44-16-14-40/h2-10,17-19H,11-16H2,1H3,(H,37,42)(H,36,38,39). The third-order valence-electron chi connectivity index (χ3n) is 7.63. The van der Waals surface area contributed by atoms with Gasteiger partial charge in [-0.15, -0.1) is 0 Å². The fraction of sp³-hybridized carbons (Fsp3) is 0.250. The summed E-state index contributed by atoms with van der Waals surface area (Å²) in [6.07, 6.45) is -2.57. The Hall–Kier alpha value is -4.97. The minimum Gasteiger partial charge on any atom is -0.378 e. The molecule has 0 radical (unpaired) electrons. The van der Waals surface area contributed by atoms with E-state index >= 15 is 0 Å². The molecule has 12 heteroatoms. The lowest BCUT2D eigenvalue weighted by molar-refractivity contribution is -0.137. The van der Waals surface area contributed by atoms with Crippen molar-refractivity contribution >= 4 is 40.5 Å². The van der Waals surface area contributed by atoms with Crippen LogP contribution in [0.3, 0.4) is 0 Å². The van der Waals surface area contributed by atoms with Gasteiger partial charge < -0.3 is 25.2 Å². The number of rotatable bonds is 6. The maximum atomic E-state index is 13.5. The smallest absolute Gasteiger partial charge is 0.378 e. The van der Waals surface area contributed by atoms with Crippen molar-refractivity contribution < 1.29 is 27.5 Å². The van der Waals surface area contributed by atoms with Crippen LogP contribution in [0.5, 0.6) is 0 Å². The number of ether oxygens (including phenoxy) is 1. The summed E-state index contributed by atoms with van der Waals surface area (Å²) in [7, 11) is 0. The molecule has 1 aromatic heterocycles. The van der Waals surface area contributed by atoms with Crippen molar-refractivity contribution in [2.24, 2.45) is 0 Å². The summed E-state index contributed by atoms with van der Waals surface area (Å²) in [6, 6.07) is 17.2. The quantitative estimate of drug-likeness (QED) is 0.286. The van der Waals surface area contributed by atoms with Gasteiger partial charge in [-0.1, -0.05) is 12.1 Å². The zero-order chi connectivity index (χ0) is 30.8. The van der Waals surface area contributed by atoms with Crippen LogP contribution in [0.15, 0.2) is 72.9 Å². The van der Waals surface area contributed by atoms with Crippen LogP contribution in [0.2, 0.25) is 0 Å². The van der Waals surface area contributed by atoms with Crippen LogP contribution in [-0.2, 0) is 17.3 Å². The van der Waals surface area contributed by atoms with Gasteiger partial charge in [0, 0.05) is 60.6 Å². The van der Waals surface area contributed by atoms with E-state index in [9.17, 15) is 22.8 Å². The largest absolute Gasteiger partial charge is 0.416 e. The number of halogens is 3. The number of benzene rings is 3. The van der Waals surface area contributed by atoms with Gasteiger partial charge in [0.15, 0.2) is 0 Å². The number of amides is 2. The van der Waals surface area contributed by atoms with E-state index in [1.54, 1.807) is 23.1 Å². The maximum absolute atomic E-state index is 13.5. The highest BCUT2D eigenvalue weighted by Gasteiger charge is 2.31. The molecule has 226 valence electrons. The lowest BCUT2D eigenvalue weighted by atomic mass is 10.0. The molecule has 3 heterocycles. The Bertz CT molecular complexity index is 1700. The van der Waals surface area contributed by atoms with Crippen LogP contribution >= 0.6 is 0 Å². The van der Waals surface area contributed by atoms with E-state index in [-0.39, 0.29) is 11.5 Å². The van der Waals surface area contributed by atoms with Crippen molar-refractivity contribution in [1.82, 2.24) is 9.97 Å². The minimum atomic E-state index is -4.56. The van der Waals surface area contributed by atoms with Crippen LogP contribution in [0, 0.1) is 6.92 Å². The van der Waals surface area contributed by atoms with Gasteiger partial charge in [0.05, 0.1) is 30.0 Å². The number of nitrogens with zero attached hydrogens (tertiary/aromatic N) is 4. The fourth-order valence-electron chi connectivity index (χ4n) is 5.27. The van der Waals surface area contributed by atoms with Gasteiger partial charge in [0.25, 0.3) is 11.8 Å². The molecule has 1 fully saturated rings. The zero-order valence-electron chi connectivity index (χ0n) is 23.8. The molecular weight excluding hydrogens is 573 g/mol. The molecule has 0 aliphatic carbocycles. The Morgan fingerprint density at radius 3 is 2.45 bits per heavy atom. The van der Waals surface area contributed by atoms with E-state index in [4.69, 9.17) is 4.74 Å². The van der Waals surface area contributed by atoms with E-state index in [1.165, 1.54) is 18.3 Å². The molecule has 0 spiro atoms. The first-order valence-corrected chi connectivity index (χ1v) is 14.1. The number of carbonyl (C=O) groups excluding carboxylic acids is 2. The summed E-state index contributed by atoms with van der Waals surface area (Å²) in [5.41, 5.74) is 3.62. The van der Waals surface area contributed by atoms with E-state index in [2.05, 4.69) is 25.5 Å². The third kappa shape index (κ3) is 6.20. The number of aryl methyl sites for hydroxylation is 1. The number of carbonyl (C=O) groups is 2. The van der Waals surface area contributed by atoms with Crippen molar-refractivity contribution in [2.45, 2.75) is 19.5 Å². The first-order valence-electron chi connectivity index (χ1n) is 14.1. The van der Waals surface area contributed by atoms with Crippen LogP contribution in [0.1, 0.15) is 37.5 Å². The van der Waals surface area contributed by atoms with Crippen LogP contribution in [0.25, 0.3) is 0 Å². The van der Waals surface area contributed by atoms with E-state index in [1.807, 2.05) is 31.2 Å². The summed E-state index contributed by atoms with van der Waals surface area (Å²) < 4.78 is 44.7. The highest BCUT2D eigenvalue weighted by molar-refractivity contribution is 6.09. The lowest BCUT2D eigenvalue weighted by Gasteiger charge is -2.29. The molecule has 3 aromatic carbocycles. The Kier molecular flexibility index (Phi) is 7.92. The number of anilines is 5. The molecule has 0 unspecified atom stereocenters. The summed E-state index contributed by atoms with van der Waals surface area (Å²) in [4.78, 5) is 39.1. The Morgan fingerprint density at radius 2 is 1.70 bits per heavy atom. The second kappa shape index (κ2) is 12.0. The van der Waals surface area contributed by atoms with Crippen molar-refractivity contribution in [2.75, 3.05) is 53.3 Å². The van der Waals surface area contributed by atoms with E-state index < -0.39 is 17.6 Å². The highest BCUT2D eigenvalue weighted by atomic mass is 19.4. The van der Waals surface area contributed by atoms with Gasteiger partial charge in [-0.05, 0) is 67.1 Å². The zero-order valence-corrected chi connectivity index (χ0v) is 23.8. The Balaban J connectivity index is 1.15. The molecule has 2 N–H and O–H groups in total. The lowest BCUT2D eigenvalue weighted by Crippen LogP contribution is -2.38. The van der Waals surface area contributed by atoms with Gasteiger partial charge in [-0.25, -0.2) is 9.97 Å². The molecule has 9 nitrogen and oxygen atoms in total. The topological polar surface area (TPSA) is 99.7 Å². The summed E-state index contributed by atoms with van der Waals surface area (Å²) >= 11 is 0. The van der Waals surface area contributed by atoms with Crippen molar-refractivity contribution in [3.05, 3.63) is 101 Å². The molecule has 2 aliphatic rings. The summed E-state index contributed by atoms with van der Waals surface area (Å²) in [5, 5.41) is 5.85.